The van der Waals surface area contributed by atoms with Crippen molar-refractivity contribution in [2.24, 2.45) is 11.3 Å². The Hall–Kier alpha value is -3.70. The molecule has 0 saturated carbocycles. The van der Waals surface area contributed by atoms with Crippen LogP contribution in [0.5, 0.6) is 0 Å². The van der Waals surface area contributed by atoms with Crippen molar-refractivity contribution in [3.05, 3.63) is 100 Å². The van der Waals surface area contributed by atoms with Crippen molar-refractivity contribution in [2.45, 2.75) is 45.2 Å². The van der Waals surface area contributed by atoms with E-state index in [9.17, 15) is 14.4 Å². The third-order valence-electron chi connectivity index (χ3n) is 8.22. The topological polar surface area (TPSA) is 66.5 Å². The molecule has 3 aromatic carbocycles. The number of carbonyl (C=O) groups is 3. The minimum atomic E-state index is -1.32. The van der Waals surface area contributed by atoms with Gasteiger partial charge < -0.3 is 10.2 Å². The molecule has 1 amide bonds. The van der Waals surface area contributed by atoms with Gasteiger partial charge in [0, 0.05) is 22.4 Å². The molecule has 3 aromatic rings. The zero-order valence-corrected chi connectivity index (χ0v) is 22.5. The van der Waals surface area contributed by atoms with Gasteiger partial charge >= 0.3 is 0 Å². The Balaban J connectivity index is 1.70. The summed E-state index contributed by atoms with van der Waals surface area (Å²) in [6, 6.07) is 19.0. The predicted molar refractivity (Wildman–Crippen MR) is 151 cm³/mol. The number of hydrogen-bond acceptors (Lipinski definition) is 4. The molecule has 3 aliphatic rings. The molecule has 6 heteroatoms. The van der Waals surface area contributed by atoms with Gasteiger partial charge in [0.25, 0.3) is 0 Å². The molecule has 1 fully saturated rings. The van der Waals surface area contributed by atoms with E-state index >= 15 is 0 Å². The highest BCUT2D eigenvalue weighted by molar-refractivity contribution is 6.34. The van der Waals surface area contributed by atoms with Crippen LogP contribution in [0.25, 0.3) is 6.08 Å². The van der Waals surface area contributed by atoms with Crippen molar-refractivity contribution in [2.75, 3.05) is 10.2 Å². The smallest absolute Gasteiger partial charge is 0.238 e. The maximum atomic E-state index is 14.7. The van der Waals surface area contributed by atoms with Crippen LogP contribution in [0, 0.1) is 18.3 Å². The average molecular weight is 525 g/mol. The summed E-state index contributed by atoms with van der Waals surface area (Å²) in [4.78, 5) is 45.4. The van der Waals surface area contributed by atoms with E-state index in [0.717, 1.165) is 22.4 Å². The molecular formula is C32H29ClN2O3. The first-order valence-electron chi connectivity index (χ1n) is 12.9. The molecule has 1 spiro atoms. The van der Waals surface area contributed by atoms with Crippen LogP contribution in [0.1, 0.15) is 47.8 Å². The second-order valence-corrected chi connectivity index (χ2v) is 11.9. The van der Waals surface area contributed by atoms with Gasteiger partial charge in [-0.15, -0.1) is 0 Å². The van der Waals surface area contributed by atoms with Crippen LogP contribution in [0.4, 0.5) is 11.4 Å². The van der Waals surface area contributed by atoms with E-state index in [1.54, 1.807) is 24.3 Å². The Labute approximate surface area is 227 Å². The highest BCUT2D eigenvalue weighted by Gasteiger charge is 2.70. The lowest BCUT2D eigenvalue weighted by molar-refractivity contribution is -0.128. The fraction of sp³-hybridized carbons (Fsp3) is 0.281. The van der Waals surface area contributed by atoms with E-state index in [1.807, 2.05) is 81.1 Å². The molecule has 3 heterocycles. The van der Waals surface area contributed by atoms with Crippen LogP contribution < -0.4 is 10.2 Å². The largest absolute Gasteiger partial charge is 0.352 e. The third-order valence-corrected chi connectivity index (χ3v) is 8.55. The number of benzene rings is 3. The van der Waals surface area contributed by atoms with E-state index in [-0.39, 0.29) is 17.5 Å². The normalized spacial score (nSPS) is 25.1. The van der Waals surface area contributed by atoms with Crippen molar-refractivity contribution < 1.29 is 14.4 Å². The van der Waals surface area contributed by atoms with Gasteiger partial charge in [-0.3, -0.25) is 14.4 Å². The Morgan fingerprint density at radius 3 is 2.45 bits per heavy atom. The number of rotatable bonds is 3. The summed E-state index contributed by atoms with van der Waals surface area (Å²) in [7, 11) is 0. The lowest BCUT2D eigenvalue weighted by Gasteiger charge is -2.38. The number of amides is 1. The summed E-state index contributed by atoms with van der Waals surface area (Å²) in [5.41, 5.74) is 2.52. The second-order valence-electron chi connectivity index (χ2n) is 11.5. The molecule has 6 rings (SSSR count). The van der Waals surface area contributed by atoms with Crippen molar-refractivity contribution >= 4 is 46.5 Å². The molecule has 0 bridgehead atoms. The number of anilines is 2. The SMILES string of the molecule is Cc1ccc2c(c1)C=C[C@@H]1N2[C@H](C(=O)C(C)(C)C)[C@@H](C(=O)c2ccccc2Cl)[C@]12C(=O)Nc1ccccc12. The lowest BCUT2D eigenvalue weighted by Crippen LogP contribution is -2.51. The fourth-order valence-electron chi connectivity index (χ4n) is 6.57. The molecule has 3 aliphatic heterocycles. The van der Waals surface area contributed by atoms with E-state index in [1.165, 1.54) is 0 Å². The minimum absolute atomic E-state index is 0.0937. The van der Waals surface area contributed by atoms with Gasteiger partial charge in [-0.25, -0.2) is 0 Å². The van der Waals surface area contributed by atoms with Crippen LogP contribution >= 0.6 is 11.6 Å². The van der Waals surface area contributed by atoms with Gasteiger partial charge in [-0.1, -0.05) is 86.5 Å². The summed E-state index contributed by atoms with van der Waals surface area (Å²) < 4.78 is 0. The molecule has 0 unspecified atom stereocenters. The standard InChI is InChI=1S/C32H29ClN2O3/c1-18-13-15-24-19(17-18)14-16-25-32(21-10-6-8-12-23(21)34-30(32)38)26(27(35(24)25)29(37)31(2,3)4)28(36)20-9-5-7-11-22(20)33/h5-17,25-27H,1-4H3,(H,34,38)/t25-,26-,27-,32+/m0/s1. The molecule has 0 aromatic heterocycles. The molecule has 4 atom stereocenters. The van der Waals surface area contributed by atoms with E-state index < -0.39 is 28.8 Å². The number of Topliss-reactive ketones (excluding diaryl/α,β-unsaturated/α-hetero) is 2. The fourth-order valence-corrected chi connectivity index (χ4v) is 6.80. The van der Waals surface area contributed by atoms with E-state index in [4.69, 9.17) is 11.6 Å². The number of fused-ring (bicyclic) bond motifs is 6. The Bertz CT molecular complexity index is 1550. The van der Waals surface area contributed by atoms with Gasteiger partial charge in [-0.2, -0.15) is 0 Å². The van der Waals surface area contributed by atoms with Gasteiger partial charge in [0.1, 0.15) is 11.5 Å². The molecule has 0 radical (unpaired) electrons. The summed E-state index contributed by atoms with van der Waals surface area (Å²) in [5, 5.41) is 3.35. The van der Waals surface area contributed by atoms with E-state index in [2.05, 4.69) is 11.4 Å². The number of nitrogens with one attached hydrogen (secondary N) is 1. The highest BCUT2D eigenvalue weighted by atomic mass is 35.5. The van der Waals surface area contributed by atoms with Gasteiger partial charge in [-0.05, 0) is 48.4 Å². The maximum Gasteiger partial charge on any atom is 0.238 e. The number of ketones is 2. The van der Waals surface area contributed by atoms with Crippen LogP contribution in [0.15, 0.2) is 72.8 Å². The quantitative estimate of drug-likeness (QED) is 0.412. The molecule has 5 nitrogen and oxygen atoms in total. The molecule has 1 N–H and O–H groups in total. The van der Waals surface area contributed by atoms with Gasteiger partial charge in [0.2, 0.25) is 5.91 Å². The highest BCUT2D eigenvalue weighted by Crippen LogP contribution is 2.58. The van der Waals surface area contributed by atoms with Crippen molar-refractivity contribution in [3.63, 3.8) is 0 Å². The van der Waals surface area contributed by atoms with E-state index in [0.29, 0.717) is 16.3 Å². The Morgan fingerprint density at radius 2 is 1.71 bits per heavy atom. The molecule has 1 saturated heterocycles. The second kappa shape index (κ2) is 8.40. The number of nitrogens with zero attached hydrogens (tertiary/aromatic N) is 1. The first kappa shape index (κ1) is 24.6. The molecule has 192 valence electrons. The minimum Gasteiger partial charge on any atom is -0.352 e. The summed E-state index contributed by atoms with van der Waals surface area (Å²) in [5.74, 6) is -1.67. The number of carbonyl (C=O) groups excluding carboxylic acids is 3. The average Bonchev–Trinajstić information content (AvgIpc) is 3.35. The maximum absolute atomic E-state index is 14.7. The zero-order valence-electron chi connectivity index (χ0n) is 21.8. The predicted octanol–water partition coefficient (Wildman–Crippen LogP) is 6.24. The first-order chi connectivity index (χ1) is 18.1. The molecular weight excluding hydrogens is 496 g/mol. The summed E-state index contributed by atoms with van der Waals surface area (Å²) >= 11 is 6.56. The Kier molecular flexibility index (Phi) is 5.45. The van der Waals surface area contributed by atoms with Crippen molar-refractivity contribution in [1.82, 2.24) is 0 Å². The van der Waals surface area contributed by atoms with Gasteiger partial charge in [0.15, 0.2) is 11.6 Å². The number of hydrogen-bond donors (Lipinski definition) is 1. The summed E-state index contributed by atoms with van der Waals surface area (Å²) in [6.45, 7) is 7.62. The summed E-state index contributed by atoms with van der Waals surface area (Å²) in [6.07, 6.45) is 4.01. The van der Waals surface area contributed by atoms with Crippen molar-refractivity contribution in [1.29, 1.82) is 0 Å². The van der Waals surface area contributed by atoms with Crippen LogP contribution in [0.3, 0.4) is 0 Å². The number of para-hydroxylation sites is 1. The van der Waals surface area contributed by atoms with Gasteiger partial charge in [0.05, 0.1) is 17.0 Å². The first-order valence-corrected chi connectivity index (χ1v) is 13.3. The van der Waals surface area contributed by atoms with Crippen LogP contribution in [-0.2, 0) is 15.0 Å². The Morgan fingerprint density at radius 1 is 1.00 bits per heavy atom. The van der Waals surface area contributed by atoms with Crippen LogP contribution in [-0.4, -0.2) is 29.6 Å². The number of halogens is 1. The third kappa shape index (κ3) is 3.27. The monoisotopic (exact) mass is 524 g/mol. The number of aryl methyl sites for hydroxylation is 1. The molecule has 38 heavy (non-hydrogen) atoms. The van der Waals surface area contributed by atoms with Crippen LogP contribution in [0.2, 0.25) is 5.02 Å². The zero-order chi connectivity index (χ0) is 27.0. The molecule has 0 aliphatic carbocycles. The van der Waals surface area contributed by atoms with Crippen molar-refractivity contribution in [3.8, 4) is 0 Å². The lowest BCUT2D eigenvalue weighted by atomic mass is 9.63.